The first-order valence-electron chi connectivity index (χ1n) is 10.9. The van der Waals surface area contributed by atoms with E-state index in [1.165, 1.54) is 30.8 Å². The van der Waals surface area contributed by atoms with E-state index in [2.05, 4.69) is 77.4 Å². The molecule has 1 saturated heterocycles. The summed E-state index contributed by atoms with van der Waals surface area (Å²) in [6.07, 6.45) is 1.25. The van der Waals surface area contributed by atoms with Crippen molar-refractivity contribution in [3.63, 3.8) is 0 Å². The van der Waals surface area contributed by atoms with Crippen LogP contribution in [0.2, 0.25) is 0 Å². The van der Waals surface area contributed by atoms with Gasteiger partial charge in [0, 0.05) is 51.5 Å². The predicted molar refractivity (Wildman–Crippen MR) is 137 cm³/mol. The summed E-state index contributed by atoms with van der Waals surface area (Å²) in [5.74, 6) is 0.926. The van der Waals surface area contributed by atoms with Gasteiger partial charge in [-0.1, -0.05) is 12.1 Å². The fourth-order valence-corrected chi connectivity index (χ4v) is 3.57. The molecular formula is C22H41IN6. The third kappa shape index (κ3) is 10.00. The highest BCUT2D eigenvalue weighted by Gasteiger charge is 2.11. The molecule has 0 radical (unpaired) electrons. The van der Waals surface area contributed by atoms with E-state index < -0.39 is 0 Å². The van der Waals surface area contributed by atoms with Crippen LogP contribution in [0.15, 0.2) is 29.3 Å². The highest BCUT2D eigenvalue weighted by Crippen LogP contribution is 2.14. The summed E-state index contributed by atoms with van der Waals surface area (Å²) in [4.78, 5) is 12.1. The number of aliphatic imine (C=N–C) groups is 1. The van der Waals surface area contributed by atoms with Crippen LogP contribution in [0.1, 0.15) is 25.8 Å². The smallest absolute Gasteiger partial charge is 0.191 e. The molecule has 0 amide bonds. The van der Waals surface area contributed by atoms with Gasteiger partial charge >= 0.3 is 0 Å². The molecule has 7 heteroatoms. The second-order valence-corrected chi connectivity index (χ2v) is 7.60. The first-order chi connectivity index (χ1) is 13.6. The number of nitrogens with one attached hydrogen (secondary N) is 2. The zero-order chi connectivity index (χ0) is 20.2. The highest BCUT2D eigenvalue weighted by atomic mass is 127. The molecule has 1 fully saturated rings. The fourth-order valence-electron chi connectivity index (χ4n) is 3.57. The molecule has 166 valence electrons. The van der Waals surface area contributed by atoms with Crippen LogP contribution in [0.3, 0.4) is 0 Å². The van der Waals surface area contributed by atoms with Crippen LogP contribution in [-0.4, -0.2) is 88.3 Å². The minimum atomic E-state index is 0. The standard InChI is InChI=1S/C22H40N6.HI/c1-5-23-22(24-11-15-27-14-8-13-26(4)17-18-27)25-12-16-28(6-2)21-10-7-9-20(3)19-21;/h7,9-10,19H,5-6,8,11-18H2,1-4H3,(H2,23,24,25);1H. The normalized spacial score (nSPS) is 16.1. The maximum atomic E-state index is 4.79. The number of guanidine groups is 1. The van der Waals surface area contributed by atoms with Gasteiger partial charge in [-0.25, -0.2) is 0 Å². The summed E-state index contributed by atoms with van der Waals surface area (Å²) in [7, 11) is 2.21. The van der Waals surface area contributed by atoms with Crippen LogP contribution in [0, 0.1) is 6.92 Å². The Morgan fingerprint density at radius 1 is 1.14 bits per heavy atom. The summed E-state index contributed by atoms with van der Waals surface area (Å²) < 4.78 is 0. The molecule has 6 nitrogen and oxygen atoms in total. The van der Waals surface area contributed by atoms with Crippen molar-refractivity contribution in [1.82, 2.24) is 20.4 Å². The van der Waals surface area contributed by atoms with E-state index in [1.807, 2.05) is 0 Å². The third-order valence-electron chi connectivity index (χ3n) is 5.27. The van der Waals surface area contributed by atoms with Gasteiger partial charge < -0.3 is 25.3 Å². The second kappa shape index (κ2) is 14.8. The van der Waals surface area contributed by atoms with Gasteiger partial charge in [0.05, 0.1) is 6.54 Å². The molecule has 2 N–H and O–H groups in total. The van der Waals surface area contributed by atoms with E-state index in [9.17, 15) is 0 Å². The molecule has 0 bridgehead atoms. The van der Waals surface area contributed by atoms with Gasteiger partial charge in [0.2, 0.25) is 0 Å². The molecule has 0 saturated carbocycles. The zero-order valence-corrected chi connectivity index (χ0v) is 21.1. The van der Waals surface area contributed by atoms with Crippen LogP contribution in [0.25, 0.3) is 0 Å². The van der Waals surface area contributed by atoms with E-state index in [-0.39, 0.29) is 24.0 Å². The Morgan fingerprint density at radius 3 is 2.69 bits per heavy atom. The third-order valence-corrected chi connectivity index (χ3v) is 5.27. The van der Waals surface area contributed by atoms with Crippen molar-refractivity contribution in [3.8, 4) is 0 Å². The van der Waals surface area contributed by atoms with Crippen molar-refractivity contribution < 1.29 is 0 Å². The Balaban J connectivity index is 0.00000420. The van der Waals surface area contributed by atoms with Crippen molar-refractivity contribution in [2.24, 2.45) is 4.99 Å². The molecule has 1 aromatic carbocycles. The number of benzene rings is 1. The maximum absolute atomic E-state index is 4.79. The van der Waals surface area contributed by atoms with Gasteiger partial charge in [0.1, 0.15) is 0 Å². The minimum absolute atomic E-state index is 0. The Hall–Kier alpha value is -1.06. The molecule has 1 aromatic rings. The lowest BCUT2D eigenvalue weighted by molar-refractivity contribution is 0.283. The predicted octanol–water partition coefficient (Wildman–Crippen LogP) is 2.63. The summed E-state index contributed by atoms with van der Waals surface area (Å²) in [5.41, 5.74) is 2.59. The Kier molecular flexibility index (Phi) is 13.3. The van der Waals surface area contributed by atoms with Gasteiger partial charge in [-0.3, -0.25) is 4.99 Å². The number of aryl methyl sites for hydroxylation is 1. The van der Waals surface area contributed by atoms with Gasteiger partial charge in [-0.05, 0) is 65.0 Å². The average molecular weight is 517 g/mol. The van der Waals surface area contributed by atoms with Gasteiger partial charge in [0.15, 0.2) is 5.96 Å². The Morgan fingerprint density at radius 2 is 1.97 bits per heavy atom. The van der Waals surface area contributed by atoms with Gasteiger partial charge in [0.25, 0.3) is 0 Å². The largest absolute Gasteiger partial charge is 0.370 e. The van der Waals surface area contributed by atoms with E-state index >= 15 is 0 Å². The van der Waals surface area contributed by atoms with Crippen molar-refractivity contribution in [3.05, 3.63) is 29.8 Å². The quantitative estimate of drug-likeness (QED) is 0.300. The number of hydrogen-bond donors (Lipinski definition) is 2. The topological polar surface area (TPSA) is 46.1 Å². The minimum Gasteiger partial charge on any atom is -0.370 e. The SMILES string of the molecule is CCNC(=NCCN1CCCN(C)CC1)NCCN(CC)c1cccc(C)c1.I. The van der Waals surface area contributed by atoms with Crippen LogP contribution < -0.4 is 15.5 Å². The van der Waals surface area contributed by atoms with Crippen molar-refractivity contribution >= 4 is 35.6 Å². The average Bonchev–Trinajstić information content (AvgIpc) is 2.89. The first kappa shape index (κ1) is 26.0. The number of rotatable bonds is 9. The lowest BCUT2D eigenvalue weighted by Crippen LogP contribution is -2.42. The number of likely N-dealkylation sites (N-methyl/N-ethyl adjacent to an activating group) is 2. The Labute approximate surface area is 195 Å². The molecule has 0 atom stereocenters. The first-order valence-corrected chi connectivity index (χ1v) is 10.9. The summed E-state index contributed by atoms with van der Waals surface area (Å²) in [6.45, 7) is 16.8. The van der Waals surface area contributed by atoms with E-state index in [0.717, 1.165) is 58.3 Å². The van der Waals surface area contributed by atoms with Crippen molar-refractivity contribution in [2.75, 3.05) is 77.4 Å². The number of anilines is 1. The molecule has 2 rings (SSSR count). The monoisotopic (exact) mass is 516 g/mol. The second-order valence-electron chi connectivity index (χ2n) is 7.60. The van der Waals surface area contributed by atoms with Crippen molar-refractivity contribution in [2.45, 2.75) is 27.2 Å². The van der Waals surface area contributed by atoms with Crippen molar-refractivity contribution in [1.29, 1.82) is 0 Å². The lowest BCUT2D eigenvalue weighted by atomic mass is 10.2. The molecule has 1 heterocycles. The van der Waals surface area contributed by atoms with E-state index in [1.54, 1.807) is 0 Å². The molecule has 0 aromatic heterocycles. The van der Waals surface area contributed by atoms with Gasteiger partial charge in [-0.15, -0.1) is 24.0 Å². The van der Waals surface area contributed by atoms with Crippen LogP contribution >= 0.6 is 24.0 Å². The molecular weight excluding hydrogens is 475 g/mol. The lowest BCUT2D eigenvalue weighted by Gasteiger charge is -2.24. The van der Waals surface area contributed by atoms with Crippen LogP contribution in [0.4, 0.5) is 5.69 Å². The maximum Gasteiger partial charge on any atom is 0.191 e. The Bertz CT molecular complexity index is 594. The van der Waals surface area contributed by atoms with E-state index in [0.29, 0.717) is 0 Å². The summed E-state index contributed by atoms with van der Waals surface area (Å²) >= 11 is 0. The molecule has 1 aliphatic heterocycles. The molecule has 1 aliphatic rings. The molecule has 0 spiro atoms. The summed E-state index contributed by atoms with van der Waals surface area (Å²) in [5, 5.41) is 6.87. The summed E-state index contributed by atoms with van der Waals surface area (Å²) in [6, 6.07) is 8.72. The molecule has 0 aliphatic carbocycles. The highest BCUT2D eigenvalue weighted by molar-refractivity contribution is 14.0. The number of halogens is 1. The number of hydrogen-bond acceptors (Lipinski definition) is 4. The molecule has 29 heavy (non-hydrogen) atoms. The fraction of sp³-hybridized carbons (Fsp3) is 0.682. The number of nitrogens with zero attached hydrogens (tertiary/aromatic N) is 4. The molecule has 0 unspecified atom stereocenters. The zero-order valence-electron chi connectivity index (χ0n) is 18.8. The van der Waals surface area contributed by atoms with Gasteiger partial charge in [-0.2, -0.15) is 0 Å². The van der Waals surface area contributed by atoms with Crippen LogP contribution in [0.5, 0.6) is 0 Å². The van der Waals surface area contributed by atoms with Crippen LogP contribution in [-0.2, 0) is 0 Å². The van der Waals surface area contributed by atoms with E-state index in [4.69, 9.17) is 4.99 Å².